The van der Waals surface area contributed by atoms with E-state index in [4.69, 9.17) is 9.47 Å². The predicted molar refractivity (Wildman–Crippen MR) is 41.7 cm³/mol. The molecule has 0 aromatic heterocycles. The van der Waals surface area contributed by atoms with E-state index in [1.165, 1.54) is 18.2 Å². The maximum atomic E-state index is 12.6. The Balaban J connectivity index is 2.43. The highest BCUT2D eigenvalue weighted by Crippen LogP contribution is 2.32. The van der Waals surface area contributed by atoms with Gasteiger partial charge in [0.1, 0.15) is 18.2 Å². The van der Waals surface area contributed by atoms with E-state index >= 15 is 0 Å². The van der Waals surface area contributed by atoms with E-state index in [0.29, 0.717) is 17.3 Å². The predicted octanol–water partition coefficient (Wildman–Crippen LogP) is 2.11. The Morgan fingerprint density at radius 2 is 2.17 bits per heavy atom. The van der Waals surface area contributed by atoms with Crippen molar-refractivity contribution in [2.75, 3.05) is 6.61 Å². The van der Waals surface area contributed by atoms with Crippen molar-refractivity contribution in [2.45, 2.75) is 0 Å². The lowest BCUT2D eigenvalue weighted by Crippen LogP contribution is -2.12. The first kappa shape index (κ1) is 7.16. The molecule has 1 heterocycles. The number of rotatable bonds is 0. The van der Waals surface area contributed by atoms with Crippen LogP contribution in [0.4, 0.5) is 4.39 Å². The van der Waals surface area contributed by atoms with Crippen molar-refractivity contribution in [1.29, 1.82) is 0 Å². The molecular weight excluding hydrogens is 159 g/mol. The molecule has 0 spiro atoms. The van der Waals surface area contributed by atoms with Gasteiger partial charge in [0.05, 0.1) is 0 Å². The molecule has 0 radical (unpaired) electrons. The fraction of sp³-hybridized carbons (Fsp3) is 0.111. The van der Waals surface area contributed by atoms with E-state index < -0.39 is 0 Å². The third-order valence-corrected chi connectivity index (χ3v) is 1.55. The second-order valence-electron chi connectivity index (χ2n) is 2.52. The molecule has 0 atom stereocenters. The Kier molecular flexibility index (Phi) is 1.50. The smallest absolute Gasteiger partial charge is 0.169 e. The molecule has 2 nitrogen and oxygen atoms in total. The van der Waals surface area contributed by atoms with E-state index in [2.05, 4.69) is 6.58 Å². The molecule has 0 fully saturated rings. The molecule has 0 saturated heterocycles. The molecule has 1 aliphatic rings. The summed E-state index contributed by atoms with van der Waals surface area (Å²) in [6, 6.07) is 4.14. The summed E-state index contributed by atoms with van der Waals surface area (Å²) in [5.74, 6) is 1.16. The Labute approximate surface area is 69.2 Å². The average molecular weight is 166 g/mol. The average Bonchev–Trinajstić information content (AvgIpc) is 2.05. The van der Waals surface area contributed by atoms with Gasteiger partial charge in [-0.25, -0.2) is 4.39 Å². The van der Waals surface area contributed by atoms with Gasteiger partial charge in [-0.1, -0.05) is 6.58 Å². The molecule has 1 aliphatic heterocycles. The van der Waals surface area contributed by atoms with Crippen molar-refractivity contribution in [3.8, 4) is 11.5 Å². The van der Waals surface area contributed by atoms with Crippen LogP contribution in [0.1, 0.15) is 0 Å². The number of benzene rings is 1. The van der Waals surface area contributed by atoms with Crippen LogP contribution in [0.5, 0.6) is 11.5 Å². The summed E-state index contributed by atoms with van der Waals surface area (Å²) in [6.07, 6.45) is 0. The first-order valence-corrected chi connectivity index (χ1v) is 3.54. The summed E-state index contributed by atoms with van der Waals surface area (Å²) in [4.78, 5) is 0. The molecule has 0 bridgehead atoms. The van der Waals surface area contributed by atoms with Crippen LogP contribution in [-0.4, -0.2) is 6.61 Å². The topological polar surface area (TPSA) is 18.5 Å². The quantitative estimate of drug-likeness (QED) is 0.587. The first-order valence-electron chi connectivity index (χ1n) is 3.54. The van der Waals surface area contributed by atoms with Crippen LogP contribution in [0.25, 0.3) is 0 Å². The third-order valence-electron chi connectivity index (χ3n) is 1.55. The van der Waals surface area contributed by atoms with Gasteiger partial charge in [0.2, 0.25) is 0 Å². The van der Waals surface area contributed by atoms with Crippen LogP contribution in [0, 0.1) is 5.82 Å². The minimum Gasteiger partial charge on any atom is -0.482 e. The van der Waals surface area contributed by atoms with Crippen molar-refractivity contribution in [3.63, 3.8) is 0 Å². The Morgan fingerprint density at radius 3 is 3.00 bits per heavy atom. The largest absolute Gasteiger partial charge is 0.482 e. The van der Waals surface area contributed by atoms with Crippen molar-refractivity contribution in [1.82, 2.24) is 0 Å². The van der Waals surface area contributed by atoms with Gasteiger partial charge in [0.15, 0.2) is 11.5 Å². The molecule has 0 amide bonds. The molecule has 0 N–H and O–H groups in total. The van der Waals surface area contributed by atoms with E-state index in [9.17, 15) is 4.39 Å². The summed E-state index contributed by atoms with van der Waals surface area (Å²) in [6.45, 7) is 3.88. The van der Waals surface area contributed by atoms with E-state index in [-0.39, 0.29) is 12.4 Å². The lowest BCUT2D eigenvalue weighted by Gasteiger charge is -2.19. The Morgan fingerprint density at radius 1 is 1.33 bits per heavy atom. The lowest BCUT2D eigenvalue weighted by atomic mass is 10.3. The normalized spacial score (nSPS) is 14.6. The van der Waals surface area contributed by atoms with E-state index in [1.54, 1.807) is 0 Å². The highest BCUT2D eigenvalue weighted by Gasteiger charge is 2.14. The minimum absolute atomic E-state index is 0.288. The number of hydrogen-bond acceptors (Lipinski definition) is 2. The van der Waals surface area contributed by atoms with E-state index in [0.717, 1.165) is 0 Å². The molecule has 0 saturated carbocycles. The van der Waals surface area contributed by atoms with Crippen LogP contribution >= 0.6 is 0 Å². The van der Waals surface area contributed by atoms with Gasteiger partial charge in [-0.3, -0.25) is 0 Å². The molecule has 1 aromatic carbocycles. The molecular formula is C9H7FO2. The first-order chi connectivity index (χ1) is 5.75. The Bertz CT molecular complexity index is 333. The van der Waals surface area contributed by atoms with Crippen molar-refractivity contribution in [3.05, 3.63) is 36.4 Å². The fourth-order valence-electron chi connectivity index (χ4n) is 1.02. The van der Waals surface area contributed by atoms with Crippen LogP contribution in [0.15, 0.2) is 30.5 Å². The van der Waals surface area contributed by atoms with Crippen LogP contribution in [0.3, 0.4) is 0 Å². The maximum absolute atomic E-state index is 12.6. The van der Waals surface area contributed by atoms with Crippen molar-refractivity contribution >= 4 is 0 Å². The maximum Gasteiger partial charge on any atom is 0.169 e. The summed E-state index contributed by atoms with van der Waals surface area (Å²) < 4.78 is 23.0. The minimum atomic E-state index is -0.329. The highest BCUT2D eigenvalue weighted by atomic mass is 19.1. The fourth-order valence-corrected chi connectivity index (χ4v) is 1.02. The van der Waals surface area contributed by atoms with Crippen LogP contribution in [0.2, 0.25) is 0 Å². The second-order valence-corrected chi connectivity index (χ2v) is 2.52. The number of halogens is 1. The van der Waals surface area contributed by atoms with Crippen LogP contribution < -0.4 is 9.47 Å². The van der Waals surface area contributed by atoms with Crippen molar-refractivity contribution < 1.29 is 13.9 Å². The summed E-state index contributed by atoms with van der Waals surface area (Å²) in [7, 11) is 0. The van der Waals surface area contributed by atoms with Crippen LogP contribution in [-0.2, 0) is 0 Å². The molecule has 62 valence electrons. The lowest BCUT2D eigenvalue weighted by molar-refractivity contribution is 0.232. The van der Waals surface area contributed by atoms with Gasteiger partial charge < -0.3 is 9.47 Å². The molecule has 2 rings (SSSR count). The number of ether oxygens (including phenoxy) is 2. The highest BCUT2D eigenvalue weighted by molar-refractivity contribution is 5.42. The van der Waals surface area contributed by atoms with Crippen molar-refractivity contribution in [2.24, 2.45) is 0 Å². The molecule has 3 heteroatoms. The standard InChI is InChI=1S/C9H7FO2/c1-6-5-11-9-4-7(10)2-3-8(9)12-6/h2-4H,1,5H2. The van der Waals surface area contributed by atoms with Gasteiger partial charge in [-0.2, -0.15) is 0 Å². The van der Waals surface area contributed by atoms with Gasteiger partial charge in [0.25, 0.3) is 0 Å². The van der Waals surface area contributed by atoms with Gasteiger partial charge >= 0.3 is 0 Å². The molecule has 1 aromatic rings. The van der Waals surface area contributed by atoms with E-state index in [1.807, 2.05) is 0 Å². The SMILES string of the molecule is C=C1COc2cc(F)ccc2O1. The van der Waals surface area contributed by atoms with Gasteiger partial charge in [-0.15, -0.1) is 0 Å². The molecule has 0 aliphatic carbocycles. The molecule has 0 unspecified atom stereocenters. The summed E-state index contributed by atoms with van der Waals surface area (Å²) >= 11 is 0. The number of fused-ring (bicyclic) bond motifs is 1. The third kappa shape index (κ3) is 1.13. The summed E-state index contributed by atoms with van der Waals surface area (Å²) in [5.41, 5.74) is 0. The molecule has 12 heavy (non-hydrogen) atoms. The zero-order valence-corrected chi connectivity index (χ0v) is 6.34. The monoisotopic (exact) mass is 166 g/mol. The van der Waals surface area contributed by atoms with Gasteiger partial charge in [-0.05, 0) is 12.1 Å². The second kappa shape index (κ2) is 2.52. The zero-order valence-electron chi connectivity index (χ0n) is 6.34. The number of hydrogen-bond donors (Lipinski definition) is 0. The Hall–Kier alpha value is -1.51. The summed E-state index contributed by atoms with van der Waals surface area (Å²) in [5, 5.41) is 0. The zero-order chi connectivity index (χ0) is 8.55. The van der Waals surface area contributed by atoms with Gasteiger partial charge in [0, 0.05) is 6.07 Å².